The molecule has 2 aliphatic rings. The molecule has 0 unspecified atom stereocenters. The summed E-state index contributed by atoms with van der Waals surface area (Å²) < 4.78 is 5.85. The van der Waals surface area contributed by atoms with Crippen LogP contribution in [0.1, 0.15) is 41.5 Å². The minimum absolute atomic E-state index is 0.0513. The second-order valence-corrected chi connectivity index (χ2v) is 9.81. The highest BCUT2D eigenvalue weighted by molar-refractivity contribution is 6.30. The Morgan fingerprint density at radius 2 is 1.74 bits per heavy atom. The van der Waals surface area contributed by atoms with Gasteiger partial charge in [-0.05, 0) is 49.2 Å². The van der Waals surface area contributed by atoms with E-state index in [1.165, 1.54) is 4.90 Å². The van der Waals surface area contributed by atoms with Crippen molar-refractivity contribution in [2.24, 2.45) is 4.99 Å². The van der Waals surface area contributed by atoms with Crippen LogP contribution < -0.4 is 10.1 Å². The van der Waals surface area contributed by atoms with Gasteiger partial charge in [0.25, 0.3) is 0 Å². The standard InChI is InChI=1S/C27H26Cl2N6O3/c1-3-38-26-21(14-31-16(2)32-26)25-33-23(17-4-8-19(28)9-5-17)24(18-6-10-20(29)11-7-18)35(25)27(37)34-13-12-30-22(36)15-34/h4-11,14,23-24H,3,12-13,15H2,1-2H3,(H,30,36)/t23-,24+/m0/s1. The van der Waals surface area contributed by atoms with Gasteiger partial charge in [-0.15, -0.1) is 0 Å². The lowest BCUT2D eigenvalue weighted by atomic mass is 9.94. The van der Waals surface area contributed by atoms with Crippen LogP contribution >= 0.6 is 23.2 Å². The van der Waals surface area contributed by atoms with Gasteiger partial charge >= 0.3 is 6.03 Å². The minimum atomic E-state index is -0.545. The van der Waals surface area contributed by atoms with Crippen molar-refractivity contribution in [3.05, 3.63) is 87.3 Å². The van der Waals surface area contributed by atoms with E-state index in [0.717, 1.165) is 11.1 Å². The monoisotopic (exact) mass is 552 g/mol. The normalized spacial score (nSPS) is 19.3. The third-order valence-corrected chi connectivity index (χ3v) is 6.90. The summed E-state index contributed by atoms with van der Waals surface area (Å²) in [6.07, 6.45) is 1.62. The van der Waals surface area contributed by atoms with Crippen LogP contribution in [0, 0.1) is 6.92 Å². The summed E-state index contributed by atoms with van der Waals surface area (Å²) in [4.78, 5) is 43.5. The summed E-state index contributed by atoms with van der Waals surface area (Å²) in [7, 11) is 0. The lowest BCUT2D eigenvalue weighted by Crippen LogP contribution is -2.55. The second-order valence-electron chi connectivity index (χ2n) is 8.94. The van der Waals surface area contributed by atoms with Crippen LogP contribution in [0.25, 0.3) is 0 Å². The molecule has 0 aliphatic carbocycles. The number of aliphatic imine (C=N–C) groups is 1. The SMILES string of the molecule is CCOc1nc(C)ncc1C1=N[C@@H](c2ccc(Cl)cc2)[C@@H](c2ccc(Cl)cc2)N1C(=O)N1CCNC(=O)C1. The number of hydrogen-bond acceptors (Lipinski definition) is 6. The summed E-state index contributed by atoms with van der Waals surface area (Å²) in [6.45, 7) is 4.69. The summed E-state index contributed by atoms with van der Waals surface area (Å²) in [5.41, 5.74) is 2.18. The zero-order valence-electron chi connectivity index (χ0n) is 20.9. The fraction of sp³-hybridized carbons (Fsp3) is 0.296. The van der Waals surface area contributed by atoms with E-state index in [4.69, 9.17) is 32.9 Å². The average molecular weight is 553 g/mol. The second kappa shape index (κ2) is 11.0. The molecule has 11 heteroatoms. The van der Waals surface area contributed by atoms with Crippen molar-refractivity contribution in [2.45, 2.75) is 25.9 Å². The smallest absolute Gasteiger partial charge is 0.326 e. The van der Waals surface area contributed by atoms with Crippen molar-refractivity contribution < 1.29 is 14.3 Å². The highest BCUT2D eigenvalue weighted by atomic mass is 35.5. The predicted molar refractivity (Wildman–Crippen MR) is 145 cm³/mol. The number of carbonyl (C=O) groups excluding carboxylic acids is 2. The molecule has 9 nitrogen and oxygen atoms in total. The zero-order valence-corrected chi connectivity index (χ0v) is 22.4. The molecule has 3 amide bonds. The van der Waals surface area contributed by atoms with Crippen molar-refractivity contribution >= 4 is 41.0 Å². The van der Waals surface area contributed by atoms with Crippen LogP contribution in [0.15, 0.2) is 59.7 Å². The van der Waals surface area contributed by atoms with Crippen LogP contribution in [0.2, 0.25) is 10.0 Å². The Balaban J connectivity index is 1.70. The largest absolute Gasteiger partial charge is 0.477 e. The number of carbonyl (C=O) groups is 2. The van der Waals surface area contributed by atoms with E-state index in [1.807, 2.05) is 31.2 Å². The highest BCUT2D eigenvalue weighted by Gasteiger charge is 2.45. The number of amides is 3. The quantitative estimate of drug-likeness (QED) is 0.499. The van der Waals surface area contributed by atoms with Crippen molar-refractivity contribution in [3.63, 3.8) is 0 Å². The number of piperazine rings is 1. The van der Waals surface area contributed by atoms with E-state index in [0.29, 0.717) is 52.8 Å². The van der Waals surface area contributed by atoms with Crippen molar-refractivity contribution in [2.75, 3.05) is 26.2 Å². The number of urea groups is 1. The Morgan fingerprint density at radius 3 is 2.37 bits per heavy atom. The summed E-state index contributed by atoms with van der Waals surface area (Å²) in [5, 5.41) is 3.94. The molecule has 1 fully saturated rings. The van der Waals surface area contributed by atoms with Gasteiger partial charge in [-0.3, -0.25) is 14.7 Å². The molecule has 1 aromatic heterocycles. The van der Waals surface area contributed by atoms with E-state index in [1.54, 1.807) is 42.3 Å². The first-order valence-corrected chi connectivity index (χ1v) is 13.0. The fourth-order valence-corrected chi connectivity index (χ4v) is 4.91. The summed E-state index contributed by atoms with van der Waals surface area (Å²) in [6, 6.07) is 13.3. The third kappa shape index (κ3) is 5.16. The van der Waals surface area contributed by atoms with Crippen LogP contribution in [-0.2, 0) is 4.79 Å². The Bertz CT molecular complexity index is 1380. The molecule has 196 valence electrons. The number of benzene rings is 2. The van der Waals surface area contributed by atoms with Gasteiger partial charge in [-0.25, -0.2) is 9.78 Å². The molecule has 3 heterocycles. The van der Waals surface area contributed by atoms with Crippen LogP contribution in [0.4, 0.5) is 4.79 Å². The number of nitrogens with zero attached hydrogens (tertiary/aromatic N) is 5. The molecule has 5 rings (SSSR count). The van der Waals surface area contributed by atoms with Gasteiger partial charge in [0.1, 0.15) is 24.2 Å². The van der Waals surface area contributed by atoms with Gasteiger partial charge in [0, 0.05) is 29.3 Å². The maximum atomic E-state index is 14.2. The van der Waals surface area contributed by atoms with Gasteiger partial charge in [0.15, 0.2) is 0 Å². The molecule has 0 saturated carbocycles. The maximum absolute atomic E-state index is 14.2. The molecule has 2 aromatic carbocycles. The molecule has 38 heavy (non-hydrogen) atoms. The molecule has 2 aliphatic heterocycles. The molecule has 2 atom stereocenters. The molecule has 3 aromatic rings. The van der Waals surface area contributed by atoms with Gasteiger partial charge in [-0.2, -0.15) is 4.98 Å². The number of hydrogen-bond donors (Lipinski definition) is 1. The number of aromatic nitrogens is 2. The van der Waals surface area contributed by atoms with Crippen molar-refractivity contribution in [3.8, 4) is 5.88 Å². The Hall–Kier alpha value is -3.69. The van der Waals surface area contributed by atoms with E-state index < -0.39 is 12.1 Å². The topological polar surface area (TPSA) is 100 Å². The van der Waals surface area contributed by atoms with E-state index in [-0.39, 0.29) is 18.5 Å². The molecule has 1 N–H and O–H groups in total. The van der Waals surface area contributed by atoms with Crippen molar-refractivity contribution in [1.82, 2.24) is 25.1 Å². The minimum Gasteiger partial charge on any atom is -0.477 e. The lowest BCUT2D eigenvalue weighted by molar-refractivity contribution is -0.123. The van der Waals surface area contributed by atoms with Crippen LogP contribution in [-0.4, -0.2) is 63.8 Å². The maximum Gasteiger partial charge on any atom is 0.326 e. The number of nitrogens with one attached hydrogen (secondary N) is 1. The molecule has 0 radical (unpaired) electrons. The third-order valence-electron chi connectivity index (χ3n) is 6.40. The number of rotatable bonds is 5. The number of halogens is 2. The molecular weight excluding hydrogens is 527 g/mol. The van der Waals surface area contributed by atoms with E-state index in [9.17, 15) is 9.59 Å². The van der Waals surface area contributed by atoms with Gasteiger partial charge in [-0.1, -0.05) is 47.5 Å². The molecule has 0 spiro atoms. The highest BCUT2D eigenvalue weighted by Crippen LogP contribution is 2.45. The van der Waals surface area contributed by atoms with Gasteiger partial charge in [0.2, 0.25) is 11.8 Å². The Morgan fingerprint density at radius 1 is 1.08 bits per heavy atom. The lowest BCUT2D eigenvalue weighted by Gasteiger charge is -2.35. The predicted octanol–water partition coefficient (Wildman–Crippen LogP) is 4.59. The van der Waals surface area contributed by atoms with Crippen LogP contribution in [0.5, 0.6) is 5.88 Å². The number of aryl methyl sites for hydroxylation is 1. The number of amidine groups is 1. The summed E-state index contributed by atoms with van der Waals surface area (Å²) >= 11 is 12.4. The first-order valence-electron chi connectivity index (χ1n) is 12.3. The van der Waals surface area contributed by atoms with Crippen LogP contribution in [0.3, 0.4) is 0 Å². The van der Waals surface area contributed by atoms with E-state index in [2.05, 4.69) is 15.3 Å². The van der Waals surface area contributed by atoms with Crippen molar-refractivity contribution in [1.29, 1.82) is 0 Å². The zero-order chi connectivity index (χ0) is 26.8. The van der Waals surface area contributed by atoms with Gasteiger partial charge < -0.3 is 15.0 Å². The number of ether oxygens (including phenoxy) is 1. The Labute approximate surface area is 230 Å². The molecule has 1 saturated heterocycles. The molecule has 0 bridgehead atoms. The first-order chi connectivity index (χ1) is 18.4. The Kier molecular flexibility index (Phi) is 7.49. The fourth-order valence-electron chi connectivity index (χ4n) is 4.66. The average Bonchev–Trinajstić information content (AvgIpc) is 3.29. The first kappa shape index (κ1) is 25.9. The van der Waals surface area contributed by atoms with Gasteiger partial charge in [0.05, 0.1) is 18.2 Å². The van der Waals surface area contributed by atoms with E-state index >= 15 is 0 Å². The molecular formula is C27H26Cl2N6O3. The summed E-state index contributed by atoms with van der Waals surface area (Å²) in [5.74, 6) is 1.02.